The number of carbonyl (C=O) groups is 1. The van der Waals surface area contributed by atoms with Gasteiger partial charge >= 0.3 is 19.4 Å². The molecular weight excluding hydrogens is 904 g/mol. The van der Waals surface area contributed by atoms with Gasteiger partial charge in [0, 0.05) is 30.8 Å². The lowest BCUT2D eigenvalue weighted by Gasteiger charge is -2.32. The van der Waals surface area contributed by atoms with E-state index in [-0.39, 0.29) is 47.7 Å². The second-order valence-corrected chi connectivity index (χ2v) is 22.2. The molecule has 17 nitrogen and oxygen atoms in total. The smallest absolute Gasteiger partial charge is 0.407 e. The van der Waals surface area contributed by atoms with Gasteiger partial charge in [0.25, 0.3) is 5.56 Å². The van der Waals surface area contributed by atoms with E-state index in [1.165, 1.54) is 15.1 Å². The van der Waals surface area contributed by atoms with Crippen molar-refractivity contribution >= 4 is 23.7 Å². The van der Waals surface area contributed by atoms with E-state index < -0.39 is 53.8 Å². The monoisotopic (exact) mass is 980 g/mol. The van der Waals surface area contributed by atoms with Crippen LogP contribution in [0.3, 0.4) is 0 Å². The van der Waals surface area contributed by atoms with Crippen molar-refractivity contribution in [3.63, 3.8) is 0 Å². The molecule has 0 bridgehead atoms. The standard InChI is InChI=1S/C27H38N2O6S.C13H20N2O4.C8H19O3P/c1-19(2)22-10-12-24(13-11-22)36(32,33)29(20(3)4)17-26(30)25(16-21-8-6-5-7-9-21)28-27(31)35-23-14-15-34-18-23;1-7(2)9-4-11(19-10(9)6-16)15-5-8(3)12(17)14-13(15)18;1-5-10-12(9,11-6-2)7-8(3)4/h5-13,19-20,23,25-26,30H,14-18H2,1-4H3,(H,28,31);5,7,9-11,16H,4,6H2,1-3H3,(H,14,17,18);8H,5-7H2,1-4H3/t23?,25-,26+;;/m0../s1. The predicted molar refractivity (Wildman–Crippen MR) is 259 cm³/mol. The lowest BCUT2D eigenvalue weighted by atomic mass is 9.89. The van der Waals surface area contributed by atoms with Crippen LogP contribution in [0.25, 0.3) is 0 Å². The first-order chi connectivity index (χ1) is 31.5. The van der Waals surface area contributed by atoms with E-state index in [1.807, 2.05) is 84.0 Å². The van der Waals surface area contributed by atoms with E-state index in [2.05, 4.69) is 24.1 Å². The minimum absolute atomic E-state index is 0.0591. The number of alkyl carbamates (subject to hydrolysis) is 1. The van der Waals surface area contributed by atoms with Crippen LogP contribution in [-0.4, -0.2) is 115 Å². The summed E-state index contributed by atoms with van der Waals surface area (Å²) in [6.07, 6.45) is 0.768. The molecular formula is C48H77N4O13PS. The second-order valence-electron chi connectivity index (χ2n) is 18.2. The minimum atomic E-state index is -3.88. The number of sulfonamides is 1. The Balaban J connectivity index is 0.000000318. The quantitative estimate of drug-likeness (QED) is 0.0838. The Kier molecular flexibility index (Phi) is 23.6. The highest BCUT2D eigenvalue weighted by molar-refractivity contribution is 7.89. The van der Waals surface area contributed by atoms with E-state index in [9.17, 15) is 37.6 Å². The molecule has 1 aromatic heterocycles. The van der Waals surface area contributed by atoms with Gasteiger partial charge in [-0.25, -0.2) is 18.0 Å². The third-order valence-corrected chi connectivity index (χ3v) is 15.9. The van der Waals surface area contributed by atoms with Crippen LogP contribution in [0.4, 0.5) is 4.79 Å². The van der Waals surface area contributed by atoms with E-state index >= 15 is 0 Å². The van der Waals surface area contributed by atoms with Crippen LogP contribution in [-0.2, 0) is 44.3 Å². The zero-order valence-corrected chi connectivity index (χ0v) is 43.0. The van der Waals surface area contributed by atoms with Crippen LogP contribution in [0.1, 0.15) is 111 Å². The van der Waals surface area contributed by atoms with Gasteiger partial charge in [-0.1, -0.05) is 84.0 Å². The van der Waals surface area contributed by atoms with Crippen molar-refractivity contribution in [3.8, 4) is 0 Å². The second kappa shape index (κ2) is 27.5. The van der Waals surface area contributed by atoms with Crippen molar-refractivity contribution < 1.29 is 51.2 Å². The number of aliphatic hydroxyl groups is 2. The molecule has 0 radical (unpaired) electrons. The highest BCUT2D eigenvalue weighted by Crippen LogP contribution is 2.49. The van der Waals surface area contributed by atoms with Crippen molar-refractivity contribution in [3.05, 3.63) is 98.3 Å². The number of aromatic nitrogens is 2. The number of ether oxygens (including phenoxy) is 3. The number of hydrogen-bond acceptors (Lipinski definition) is 13. The molecule has 2 saturated heterocycles. The molecule has 2 fully saturated rings. The minimum Gasteiger partial charge on any atom is -0.444 e. The molecule has 0 spiro atoms. The van der Waals surface area contributed by atoms with Crippen molar-refractivity contribution in [2.75, 3.05) is 45.7 Å². The molecule has 6 atom stereocenters. The summed E-state index contributed by atoms with van der Waals surface area (Å²) in [5.41, 5.74) is 1.56. The predicted octanol–water partition coefficient (Wildman–Crippen LogP) is 7.00. The summed E-state index contributed by atoms with van der Waals surface area (Å²) in [6.45, 7) is 22.6. The first kappa shape index (κ1) is 57.6. The number of aliphatic hydroxyl groups excluding tert-OH is 2. The SMILES string of the molecule is CC(C)c1ccc(S(=O)(=O)N(C[C@@H](O)[C@H](Cc2ccccc2)NC(=O)OC2CCOC2)C(C)C)cc1.CCOP(=O)(CC(C)C)OCC.Cc1cn(C2CC(C(C)C)C(CO)O2)c(=O)[nH]c1=O. The molecule has 378 valence electrons. The number of nitrogens with zero attached hydrogens (tertiary/aromatic N) is 2. The summed E-state index contributed by atoms with van der Waals surface area (Å²) in [5, 5.41) is 23.3. The molecule has 67 heavy (non-hydrogen) atoms. The molecule has 1 amide bonds. The van der Waals surface area contributed by atoms with Crippen LogP contribution in [0.5, 0.6) is 0 Å². The third-order valence-electron chi connectivity index (χ3n) is 11.3. The average Bonchev–Trinajstić information content (AvgIpc) is 3.95. The van der Waals surface area contributed by atoms with Gasteiger partial charge in [-0.15, -0.1) is 0 Å². The summed E-state index contributed by atoms with van der Waals surface area (Å²) < 4.78 is 68.1. The maximum Gasteiger partial charge on any atom is 0.407 e. The number of hydrogen-bond donors (Lipinski definition) is 4. The van der Waals surface area contributed by atoms with Crippen LogP contribution in [0, 0.1) is 24.7 Å². The van der Waals surface area contributed by atoms with Gasteiger partial charge in [-0.05, 0) is 94.4 Å². The molecule has 2 aromatic carbocycles. The summed E-state index contributed by atoms with van der Waals surface area (Å²) in [7, 11) is -6.65. The number of aromatic amines is 1. The first-order valence-corrected chi connectivity index (χ1v) is 26.6. The van der Waals surface area contributed by atoms with Gasteiger partial charge in [-0.2, -0.15) is 4.31 Å². The first-order valence-electron chi connectivity index (χ1n) is 23.4. The highest BCUT2D eigenvalue weighted by atomic mass is 32.2. The Bertz CT molecular complexity index is 2200. The summed E-state index contributed by atoms with van der Waals surface area (Å²) in [4.78, 5) is 38.2. The Hall–Kier alpha value is -3.71. The average molecular weight is 981 g/mol. The fourth-order valence-corrected chi connectivity index (χ4v) is 11.4. The zero-order valence-electron chi connectivity index (χ0n) is 41.3. The molecule has 3 aromatic rings. The molecule has 5 rings (SSSR count). The number of carbonyl (C=O) groups excluding carboxylic acids is 1. The number of H-pyrrole nitrogens is 1. The molecule has 2 aliphatic rings. The van der Waals surface area contributed by atoms with Crippen LogP contribution in [0.2, 0.25) is 0 Å². The van der Waals surface area contributed by atoms with E-state index in [1.54, 1.807) is 32.9 Å². The van der Waals surface area contributed by atoms with E-state index in [0.717, 1.165) is 11.1 Å². The Morgan fingerprint density at radius 1 is 0.985 bits per heavy atom. The molecule has 4 unspecified atom stereocenters. The molecule has 0 saturated carbocycles. The molecule has 0 aliphatic carbocycles. The Morgan fingerprint density at radius 3 is 2.10 bits per heavy atom. The van der Waals surface area contributed by atoms with Gasteiger partial charge in [0.2, 0.25) is 10.0 Å². The van der Waals surface area contributed by atoms with Crippen molar-refractivity contribution in [1.82, 2.24) is 19.2 Å². The van der Waals surface area contributed by atoms with Gasteiger partial charge in [0.1, 0.15) is 12.3 Å². The topological polar surface area (TPSA) is 225 Å². The number of benzene rings is 2. The lowest BCUT2D eigenvalue weighted by Crippen LogP contribution is -2.52. The number of nitrogens with one attached hydrogen (secondary N) is 2. The van der Waals surface area contributed by atoms with Crippen LogP contribution in [0.15, 0.2) is 75.3 Å². The fraction of sp³-hybridized carbons (Fsp3) is 0.646. The van der Waals surface area contributed by atoms with Crippen LogP contribution < -0.4 is 16.6 Å². The van der Waals surface area contributed by atoms with Gasteiger partial charge < -0.3 is 38.8 Å². The zero-order chi connectivity index (χ0) is 50.1. The van der Waals surface area contributed by atoms with Crippen LogP contribution >= 0.6 is 7.60 Å². The lowest BCUT2D eigenvalue weighted by molar-refractivity contribution is -0.0361. The molecule has 3 heterocycles. The molecule has 4 N–H and O–H groups in total. The fourth-order valence-electron chi connectivity index (χ4n) is 7.74. The van der Waals surface area contributed by atoms with Crippen molar-refractivity contribution in [2.24, 2.45) is 17.8 Å². The maximum absolute atomic E-state index is 13.5. The number of rotatable bonds is 20. The van der Waals surface area contributed by atoms with Gasteiger partial charge in [0.15, 0.2) is 0 Å². The van der Waals surface area contributed by atoms with Crippen molar-refractivity contribution in [1.29, 1.82) is 0 Å². The largest absolute Gasteiger partial charge is 0.444 e. The summed E-state index contributed by atoms with van der Waals surface area (Å²) in [6, 6.07) is 15.1. The molecule has 2 aliphatic heterocycles. The number of amides is 1. The number of aryl methyl sites for hydroxylation is 1. The van der Waals surface area contributed by atoms with E-state index in [0.29, 0.717) is 69.3 Å². The van der Waals surface area contributed by atoms with Gasteiger partial charge in [0.05, 0.1) is 62.3 Å². The highest BCUT2D eigenvalue weighted by Gasteiger charge is 2.38. The third kappa shape index (κ3) is 18.0. The van der Waals surface area contributed by atoms with E-state index in [4.69, 9.17) is 23.3 Å². The Morgan fingerprint density at radius 2 is 1.61 bits per heavy atom. The Labute approximate surface area is 397 Å². The van der Waals surface area contributed by atoms with Gasteiger partial charge in [-0.3, -0.25) is 18.9 Å². The maximum atomic E-state index is 13.5. The van der Waals surface area contributed by atoms with Crippen molar-refractivity contribution in [2.45, 2.75) is 143 Å². The molecule has 19 heteroatoms. The summed E-state index contributed by atoms with van der Waals surface area (Å²) >= 11 is 0. The summed E-state index contributed by atoms with van der Waals surface area (Å²) in [5.74, 6) is 1.19. The normalized spacial score (nSPS) is 19.6.